The summed E-state index contributed by atoms with van der Waals surface area (Å²) < 4.78 is 0. The fraction of sp³-hybridized carbons (Fsp3) is 0.286. The standard InChI is InChI=1S/C21H23N3O/c1-15-17(16-8-2-3-9-18(16)22-15)14-21(25)23-19-10-4-5-11-20(19)24-12-6-7-13-24/h2-5,8-11,22H,6-7,12-14H2,1H3,(H,23,25). The minimum Gasteiger partial charge on any atom is -0.370 e. The Morgan fingerprint density at radius 3 is 2.64 bits per heavy atom. The molecule has 0 atom stereocenters. The van der Waals surface area contributed by atoms with Crippen LogP contribution in [0, 0.1) is 6.92 Å². The van der Waals surface area contributed by atoms with Crippen molar-refractivity contribution in [3.05, 3.63) is 59.8 Å². The van der Waals surface area contributed by atoms with Gasteiger partial charge in [0.05, 0.1) is 17.8 Å². The zero-order chi connectivity index (χ0) is 17.2. The van der Waals surface area contributed by atoms with Gasteiger partial charge in [-0.25, -0.2) is 0 Å². The Kier molecular flexibility index (Phi) is 4.18. The largest absolute Gasteiger partial charge is 0.370 e. The van der Waals surface area contributed by atoms with Crippen LogP contribution in [0.1, 0.15) is 24.1 Å². The van der Waals surface area contributed by atoms with Crippen molar-refractivity contribution in [1.82, 2.24) is 4.98 Å². The van der Waals surface area contributed by atoms with E-state index < -0.39 is 0 Å². The number of carbonyl (C=O) groups excluding carboxylic acids is 1. The molecule has 2 N–H and O–H groups in total. The molecule has 4 rings (SSSR count). The molecule has 2 aromatic carbocycles. The van der Waals surface area contributed by atoms with Gasteiger partial charge in [0.1, 0.15) is 0 Å². The first-order valence-electron chi connectivity index (χ1n) is 8.92. The van der Waals surface area contributed by atoms with E-state index in [4.69, 9.17) is 0 Å². The van der Waals surface area contributed by atoms with Crippen LogP contribution in [-0.4, -0.2) is 24.0 Å². The van der Waals surface area contributed by atoms with E-state index in [2.05, 4.69) is 27.3 Å². The van der Waals surface area contributed by atoms with Gasteiger partial charge in [-0.15, -0.1) is 0 Å². The lowest BCUT2D eigenvalue weighted by molar-refractivity contribution is -0.115. The van der Waals surface area contributed by atoms with Crippen LogP contribution in [0.3, 0.4) is 0 Å². The smallest absolute Gasteiger partial charge is 0.228 e. The number of aromatic nitrogens is 1. The lowest BCUT2D eigenvalue weighted by Crippen LogP contribution is -2.21. The van der Waals surface area contributed by atoms with Gasteiger partial charge >= 0.3 is 0 Å². The van der Waals surface area contributed by atoms with Crippen LogP contribution in [0.15, 0.2) is 48.5 Å². The number of hydrogen-bond donors (Lipinski definition) is 2. The summed E-state index contributed by atoms with van der Waals surface area (Å²) in [7, 11) is 0. The lowest BCUT2D eigenvalue weighted by atomic mass is 10.1. The molecule has 1 amide bonds. The van der Waals surface area contributed by atoms with Crippen LogP contribution < -0.4 is 10.2 Å². The van der Waals surface area contributed by atoms with Crippen molar-refractivity contribution >= 4 is 28.2 Å². The highest BCUT2D eigenvalue weighted by atomic mass is 16.1. The highest BCUT2D eigenvalue weighted by Gasteiger charge is 2.17. The monoisotopic (exact) mass is 333 g/mol. The normalized spacial score (nSPS) is 14.2. The summed E-state index contributed by atoms with van der Waals surface area (Å²) in [6.45, 7) is 4.16. The van der Waals surface area contributed by atoms with E-state index in [1.54, 1.807) is 0 Å². The van der Waals surface area contributed by atoms with Gasteiger partial charge in [0.25, 0.3) is 0 Å². The number of benzene rings is 2. The second kappa shape index (κ2) is 6.63. The second-order valence-corrected chi connectivity index (χ2v) is 6.71. The molecule has 0 aliphatic carbocycles. The van der Waals surface area contributed by atoms with Gasteiger partial charge in [-0.3, -0.25) is 4.79 Å². The summed E-state index contributed by atoms with van der Waals surface area (Å²) in [6.07, 6.45) is 2.82. The van der Waals surface area contributed by atoms with E-state index in [-0.39, 0.29) is 5.91 Å². The van der Waals surface area contributed by atoms with Gasteiger partial charge in [-0.1, -0.05) is 30.3 Å². The third-order valence-corrected chi connectivity index (χ3v) is 4.99. The molecule has 4 nitrogen and oxygen atoms in total. The number of carbonyl (C=O) groups is 1. The molecule has 0 bridgehead atoms. The molecule has 25 heavy (non-hydrogen) atoms. The SMILES string of the molecule is Cc1[nH]c2ccccc2c1CC(=O)Nc1ccccc1N1CCCC1. The molecule has 4 heteroatoms. The van der Waals surface area contributed by atoms with Crippen LogP contribution in [0.4, 0.5) is 11.4 Å². The van der Waals surface area contributed by atoms with E-state index in [9.17, 15) is 4.79 Å². The van der Waals surface area contributed by atoms with Gasteiger partial charge in [0.15, 0.2) is 0 Å². The summed E-state index contributed by atoms with van der Waals surface area (Å²) in [5, 5.41) is 4.25. The van der Waals surface area contributed by atoms with Crippen LogP contribution in [0.2, 0.25) is 0 Å². The van der Waals surface area contributed by atoms with Gasteiger partial charge in [-0.05, 0) is 43.5 Å². The molecule has 0 radical (unpaired) electrons. The van der Waals surface area contributed by atoms with Gasteiger partial charge in [-0.2, -0.15) is 0 Å². The highest BCUT2D eigenvalue weighted by Crippen LogP contribution is 2.29. The number of para-hydroxylation sites is 3. The molecule has 1 aliphatic heterocycles. The maximum Gasteiger partial charge on any atom is 0.228 e. The van der Waals surface area contributed by atoms with Crippen LogP contribution >= 0.6 is 0 Å². The number of anilines is 2. The molecular weight excluding hydrogens is 310 g/mol. The average Bonchev–Trinajstić information content (AvgIpc) is 3.24. The number of hydrogen-bond acceptors (Lipinski definition) is 2. The Morgan fingerprint density at radius 1 is 1.08 bits per heavy atom. The number of amides is 1. The van der Waals surface area contributed by atoms with Crippen LogP contribution in [-0.2, 0) is 11.2 Å². The maximum absolute atomic E-state index is 12.7. The molecule has 2 heterocycles. The van der Waals surface area contributed by atoms with E-state index in [1.165, 1.54) is 12.8 Å². The molecule has 1 saturated heterocycles. The summed E-state index contributed by atoms with van der Waals surface area (Å²) in [5.41, 5.74) is 5.26. The molecular formula is C21H23N3O. The Bertz CT molecular complexity index is 906. The fourth-order valence-electron chi connectivity index (χ4n) is 3.73. The first-order valence-corrected chi connectivity index (χ1v) is 8.92. The average molecular weight is 333 g/mol. The molecule has 1 aromatic heterocycles. The molecule has 0 spiro atoms. The van der Waals surface area contributed by atoms with Gasteiger partial charge in [0.2, 0.25) is 5.91 Å². The van der Waals surface area contributed by atoms with Crippen molar-refractivity contribution in [3.8, 4) is 0 Å². The molecule has 128 valence electrons. The van der Waals surface area contributed by atoms with Crippen molar-refractivity contribution < 1.29 is 4.79 Å². The molecule has 0 saturated carbocycles. The lowest BCUT2D eigenvalue weighted by Gasteiger charge is -2.21. The van der Waals surface area contributed by atoms with Crippen LogP contribution in [0.25, 0.3) is 10.9 Å². The summed E-state index contributed by atoms with van der Waals surface area (Å²) in [6, 6.07) is 16.2. The first kappa shape index (κ1) is 15.8. The number of H-pyrrole nitrogens is 1. The van der Waals surface area contributed by atoms with E-state index in [0.29, 0.717) is 6.42 Å². The minimum absolute atomic E-state index is 0.0273. The summed E-state index contributed by atoms with van der Waals surface area (Å²) in [5.74, 6) is 0.0273. The Balaban J connectivity index is 1.56. The maximum atomic E-state index is 12.7. The number of aromatic amines is 1. The Hall–Kier alpha value is -2.75. The number of rotatable bonds is 4. The van der Waals surface area contributed by atoms with Crippen molar-refractivity contribution in [2.75, 3.05) is 23.3 Å². The highest BCUT2D eigenvalue weighted by molar-refractivity contribution is 5.98. The van der Waals surface area contributed by atoms with E-state index in [1.807, 2.05) is 43.3 Å². The minimum atomic E-state index is 0.0273. The zero-order valence-electron chi connectivity index (χ0n) is 14.5. The topological polar surface area (TPSA) is 48.1 Å². The van der Waals surface area contributed by atoms with E-state index in [0.717, 1.165) is 46.6 Å². The third-order valence-electron chi connectivity index (χ3n) is 4.99. The second-order valence-electron chi connectivity index (χ2n) is 6.71. The number of fused-ring (bicyclic) bond motifs is 1. The van der Waals surface area contributed by atoms with Gasteiger partial charge < -0.3 is 15.2 Å². The molecule has 3 aromatic rings. The van der Waals surface area contributed by atoms with Crippen molar-refractivity contribution in [3.63, 3.8) is 0 Å². The van der Waals surface area contributed by atoms with Gasteiger partial charge in [0, 0.05) is 29.7 Å². The van der Waals surface area contributed by atoms with Crippen molar-refractivity contribution in [1.29, 1.82) is 0 Å². The Morgan fingerprint density at radius 2 is 1.80 bits per heavy atom. The molecule has 0 unspecified atom stereocenters. The fourth-order valence-corrected chi connectivity index (χ4v) is 3.73. The third kappa shape index (κ3) is 3.12. The van der Waals surface area contributed by atoms with E-state index >= 15 is 0 Å². The zero-order valence-corrected chi connectivity index (χ0v) is 14.5. The molecule has 1 aliphatic rings. The van der Waals surface area contributed by atoms with Crippen LogP contribution in [0.5, 0.6) is 0 Å². The predicted molar refractivity (Wildman–Crippen MR) is 103 cm³/mol. The van der Waals surface area contributed by atoms with Crippen molar-refractivity contribution in [2.24, 2.45) is 0 Å². The van der Waals surface area contributed by atoms with Crippen molar-refractivity contribution in [2.45, 2.75) is 26.2 Å². The summed E-state index contributed by atoms with van der Waals surface area (Å²) >= 11 is 0. The number of nitrogens with zero attached hydrogens (tertiary/aromatic N) is 1. The summed E-state index contributed by atoms with van der Waals surface area (Å²) in [4.78, 5) is 18.4. The predicted octanol–water partition coefficient (Wildman–Crippen LogP) is 4.26. The number of aryl methyl sites for hydroxylation is 1. The number of nitrogens with one attached hydrogen (secondary N) is 2. The Labute approximate surface area is 147 Å². The first-order chi connectivity index (χ1) is 12.2. The molecule has 1 fully saturated rings. The quantitative estimate of drug-likeness (QED) is 0.749.